The molecule has 0 spiro atoms. The van der Waals surface area contributed by atoms with Gasteiger partial charge in [0.2, 0.25) is 5.91 Å². The zero-order valence-electron chi connectivity index (χ0n) is 19.7. The second kappa shape index (κ2) is 9.60. The van der Waals surface area contributed by atoms with Crippen molar-refractivity contribution in [2.24, 2.45) is 23.5 Å². The summed E-state index contributed by atoms with van der Waals surface area (Å²) >= 11 is 0. The number of likely N-dealkylation sites (tertiary alicyclic amines) is 1. The van der Waals surface area contributed by atoms with E-state index in [1.807, 2.05) is 26.8 Å². The van der Waals surface area contributed by atoms with Crippen LogP contribution in [0.25, 0.3) is 0 Å². The van der Waals surface area contributed by atoms with E-state index in [2.05, 4.69) is 43.0 Å². The van der Waals surface area contributed by atoms with Gasteiger partial charge in [-0.15, -0.1) is 0 Å². The van der Waals surface area contributed by atoms with Crippen molar-refractivity contribution in [1.82, 2.24) is 9.80 Å². The zero-order valence-corrected chi connectivity index (χ0v) is 19.7. The lowest BCUT2D eigenvalue weighted by Gasteiger charge is -2.39. The Morgan fingerprint density at radius 3 is 2.42 bits per heavy atom. The monoisotopic (exact) mass is 429 g/mol. The normalized spacial score (nSPS) is 24.8. The average Bonchev–Trinajstić information content (AvgIpc) is 3.21. The molecule has 1 aliphatic heterocycles. The largest absolute Gasteiger partial charge is 0.444 e. The summed E-state index contributed by atoms with van der Waals surface area (Å²) in [6, 6.07) is 9.84. The number of carbonyl (C=O) groups excluding carboxylic acids is 2. The van der Waals surface area contributed by atoms with Gasteiger partial charge in [0, 0.05) is 25.7 Å². The van der Waals surface area contributed by atoms with E-state index < -0.39 is 23.6 Å². The van der Waals surface area contributed by atoms with Crippen LogP contribution in [0.4, 0.5) is 4.79 Å². The molecule has 1 aromatic carbocycles. The van der Waals surface area contributed by atoms with E-state index in [1.54, 1.807) is 4.90 Å². The summed E-state index contributed by atoms with van der Waals surface area (Å²) < 4.78 is 5.76. The average molecular weight is 430 g/mol. The molecule has 0 bridgehead atoms. The third kappa shape index (κ3) is 6.00. The molecule has 6 nitrogen and oxygen atoms in total. The van der Waals surface area contributed by atoms with Crippen molar-refractivity contribution in [3.63, 3.8) is 0 Å². The first kappa shape index (κ1) is 23.6. The number of fused-ring (bicyclic) bond motifs is 1. The van der Waals surface area contributed by atoms with Crippen molar-refractivity contribution in [2.75, 3.05) is 13.1 Å². The van der Waals surface area contributed by atoms with Crippen LogP contribution in [0.3, 0.4) is 0 Å². The van der Waals surface area contributed by atoms with Crippen LogP contribution in [-0.4, -0.2) is 52.6 Å². The van der Waals surface area contributed by atoms with Crippen LogP contribution in [0.15, 0.2) is 30.3 Å². The minimum atomic E-state index is -0.637. The van der Waals surface area contributed by atoms with Crippen LogP contribution in [0.5, 0.6) is 0 Å². The summed E-state index contributed by atoms with van der Waals surface area (Å²) in [6.07, 6.45) is 2.10. The van der Waals surface area contributed by atoms with Crippen LogP contribution >= 0.6 is 0 Å². The first-order chi connectivity index (χ1) is 14.5. The molecule has 2 aliphatic rings. The van der Waals surface area contributed by atoms with Crippen LogP contribution < -0.4 is 5.73 Å². The van der Waals surface area contributed by atoms with Crippen LogP contribution in [0, 0.1) is 17.8 Å². The van der Waals surface area contributed by atoms with E-state index in [9.17, 15) is 9.59 Å². The number of hydrogen-bond acceptors (Lipinski definition) is 4. The van der Waals surface area contributed by atoms with E-state index >= 15 is 0 Å². The molecule has 0 unspecified atom stereocenters. The Kier molecular flexibility index (Phi) is 7.30. The van der Waals surface area contributed by atoms with Gasteiger partial charge in [-0.05, 0) is 63.4 Å². The van der Waals surface area contributed by atoms with Gasteiger partial charge in [-0.25, -0.2) is 4.79 Å². The first-order valence-corrected chi connectivity index (χ1v) is 11.6. The molecule has 0 radical (unpaired) electrons. The van der Waals surface area contributed by atoms with Gasteiger partial charge < -0.3 is 10.5 Å². The predicted molar refractivity (Wildman–Crippen MR) is 122 cm³/mol. The smallest absolute Gasteiger partial charge is 0.411 e. The van der Waals surface area contributed by atoms with Crippen LogP contribution in [0.1, 0.15) is 59.4 Å². The van der Waals surface area contributed by atoms with Gasteiger partial charge in [-0.2, -0.15) is 0 Å². The highest BCUT2D eigenvalue weighted by Gasteiger charge is 2.49. The lowest BCUT2D eigenvalue weighted by atomic mass is 9.94. The molecular weight excluding hydrogens is 390 g/mol. The Bertz CT molecular complexity index is 759. The Balaban J connectivity index is 1.81. The van der Waals surface area contributed by atoms with Crippen molar-refractivity contribution >= 4 is 12.0 Å². The van der Waals surface area contributed by atoms with Gasteiger partial charge in [0.15, 0.2) is 0 Å². The second-order valence-corrected chi connectivity index (χ2v) is 10.7. The molecule has 3 rings (SSSR count). The van der Waals surface area contributed by atoms with E-state index in [4.69, 9.17) is 10.5 Å². The maximum absolute atomic E-state index is 13.3. The highest BCUT2D eigenvalue weighted by Crippen LogP contribution is 2.42. The van der Waals surface area contributed by atoms with Crippen molar-refractivity contribution in [1.29, 1.82) is 0 Å². The number of rotatable bonds is 7. The van der Waals surface area contributed by atoms with Crippen LogP contribution in [-0.2, 0) is 16.1 Å². The van der Waals surface area contributed by atoms with Gasteiger partial charge in [0.05, 0.1) is 0 Å². The van der Waals surface area contributed by atoms with E-state index in [-0.39, 0.29) is 12.0 Å². The summed E-state index contributed by atoms with van der Waals surface area (Å²) in [7, 11) is 0. The van der Waals surface area contributed by atoms with Gasteiger partial charge in [-0.3, -0.25) is 14.6 Å². The number of nitrogens with zero attached hydrogens (tertiary/aromatic N) is 2. The Morgan fingerprint density at radius 1 is 1.16 bits per heavy atom. The van der Waals surface area contributed by atoms with Gasteiger partial charge in [-0.1, -0.05) is 44.2 Å². The summed E-state index contributed by atoms with van der Waals surface area (Å²) in [4.78, 5) is 30.0. The number of hydrogen-bond donors (Lipinski definition) is 1. The Hall–Kier alpha value is -2.08. The lowest BCUT2D eigenvalue weighted by molar-refractivity contribution is -0.125. The third-order valence-electron chi connectivity index (χ3n) is 6.46. The standard InChI is InChI=1S/C25H39N3O3/c1-17(2)13-22(23(26)29)28(24(30)31-25(3,4)5)21-12-11-19-15-27(16-20(19)21)14-18-9-7-6-8-10-18/h6-10,17,19-22H,11-16H2,1-5H3,(H2,26,29)/t19-,20+,21+,22-/m0/s1. The molecule has 31 heavy (non-hydrogen) atoms. The minimum absolute atomic E-state index is 0.0168. The first-order valence-electron chi connectivity index (χ1n) is 11.6. The fraction of sp³-hybridized carbons (Fsp3) is 0.680. The highest BCUT2D eigenvalue weighted by molar-refractivity contribution is 5.84. The van der Waals surface area contributed by atoms with Crippen molar-refractivity contribution in [2.45, 2.75) is 78.1 Å². The Labute approximate surface area is 187 Å². The third-order valence-corrected chi connectivity index (χ3v) is 6.46. The fourth-order valence-corrected chi connectivity index (χ4v) is 5.27. The Morgan fingerprint density at radius 2 is 1.84 bits per heavy atom. The highest BCUT2D eigenvalue weighted by atomic mass is 16.6. The summed E-state index contributed by atoms with van der Waals surface area (Å²) in [5.41, 5.74) is 6.50. The van der Waals surface area contributed by atoms with Crippen molar-refractivity contribution in [3.8, 4) is 0 Å². The topological polar surface area (TPSA) is 75.9 Å². The van der Waals surface area contributed by atoms with Crippen molar-refractivity contribution in [3.05, 3.63) is 35.9 Å². The second-order valence-electron chi connectivity index (χ2n) is 10.7. The maximum Gasteiger partial charge on any atom is 0.411 e. The molecule has 1 saturated heterocycles. The molecule has 1 aliphatic carbocycles. The van der Waals surface area contributed by atoms with E-state index in [0.29, 0.717) is 18.3 Å². The molecule has 2 N–H and O–H groups in total. The fourth-order valence-electron chi connectivity index (χ4n) is 5.27. The molecular formula is C25H39N3O3. The molecule has 6 heteroatoms. The molecule has 4 atom stereocenters. The zero-order chi connectivity index (χ0) is 22.8. The number of amides is 2. The lowest BCUT2D eigenvalue weighted by Crippen LogP contribution is -2.56. The minimum Gasteiger partial charge on any atom is -0.444 e. The maximum atomic E-state index is 13.3. The molecule has 1 aromatic rings. The van der Waals surface area contributed by atoms with Crippen LogP contribution in [0.2, 0.25) is 0 Å². The molecule has 1 heterocycles. The number of ether oxygens (including phenoxy) is 1. The number of carbonyl (C=O) groups is 2. The number of nitrogens with two attached hydrogens (primary N) is 1. The van der Waals surface area contributed by atoms with E-state index in [1.165, 1.54) is 5.56 Å². The predicted octanol–water partition coefficient (Wildman–Crippen LogP) is 4.03. The van der Waals surface area contributed by atoms with Crippen molar-refractivity contribution < 1.29 is 14.3 Å². The molecule has 2 fully saturated rings. The number of primary amides is 1. The molecule has 0 aromatic heterocycles. The number of benzene rings is 1. The van der Waals surface area contributed by atoms with Gasteiger partial charge >= 0.3 is 6.09 Å². The summed E-state index contributed by atoms with van der Waals surface area (Å²) in [5, 5.41) is 0. The summed E-state index contributed by atoms with van der Waals surface area (Å²) in [5.74, 6) is 0.677. The quantitative estimate of drug-likeness (QED) is 0.710. The van der Waals surface area contributed by atoms with Gasteiger partial charge in [0.1, 0.15) is 11.6 Å². The molecule has 172 valence electrons. The molecule has 2 amide bonds. The SMILES string of the molecule is CC(C)C[C@@H](C(N)=O)N(C(=O)OC(C)(C)C)[C@@H]1CC[C@H]2CN(Cc3ccccc3)C[C@H]21. The molecule has 1 saturated carbocycles. The van der Waals surface area contributed by atoms with E-state index in [0.717, 1.165) is 32.5 Å². The summed E-state index contributed by atoms with van der Waals surface area (Å²) in [6.45, 7) is 12.6. The van der Waals surface area contributed by atoms with Gasteiger partial charge in [0.25, 0.3) is 0 Å².